The highest BCUT2D eigenvalue weighted by Gasteiger charge is 2.22. The molecular weight excluding hydrogens is 272 g/mol. The third-order valence-corrected chi connectivity index (χ3v) is 4.76. The van der Waals surface area contributed by atoms with Gasteiger partial charge in [0, 0.05) is 17.3 Å². The number of nitrogens with zero attached hydrogens (tertiary/aromatic N) is 2. The molecule has 0 spiro atoms. The maximum Gasteiger partial charge on any atom is 0.247 e. The SMILES string of the molecule is Cc1cc(C(C)C)nc(S(=O)(=O)CC(C)CCl)n1. The lowest BCUT2D eigenvalue weighted by atomic mass is 10.1. The Balaban J connectivity index is 3.16. The molecule has 102 valence electrons. The van der Waals surface area contributed by atoms with E-state index in [-0.39, 0.29) is 22.7 Å². The van der Waals surface area contributed by atoms with Crippen LogP contribution in [0.3, 0.4) is 0 Å². The van der Waals surface area contributed by atoms with Gasteiger partial charge < -0.3 is 0 Å². The first-order valence-corrected chi connectivity index (χ1v) is 8.09. The van der Waals surface area contributed by atoms with Gasteiger partial charge in [-0.15, -0.1) is 11.6 Å². The molecule has 0 N–H and O–H groups in total. The topological polar surface area (TPSA) is 59.9 Å². The molecule has 1 rings (SSSR count). The number of rotatable bonds is 5. The van der Waals surface area contributed by atoms with Gasteiger partial charge in [0.2, 0.25) is 15.0 Å². The van der Waals surface area contributed by atoms with E-state index in [1.807, 2.05) is 19.9 Å². The highest BCUT2D eigenvalue weighted by molar-refractivity contribution is 7.91. The highest BCUT2D eigenvalue weighted by atomic mass is 35.5. The summed E-state index contributed by atoms with van der Waals surface area (Å²) in [5.41, 5.74) is 1.42. The number of alkyl halides is 1. The van der Waals surface area contributed by atoms with Crippen molar-refractivity contribution in [3.63, 3.8) is 0 Å². The quantitative estimate of drug-likeness (QED) is 0.618. The fourth-order valence-electron chi connectivity index (χ4n) is 1.49. The second-order valence-corrected chi connectivity index (χ2v) is 7.15. The van der Waals surface area contributed by atoms with Crippen molar-refractivity contribution < 1.29 is 8.42 Å². The summed E-state index contributed by atoms with van der Waals surface area (Å²) in [5.74, 6) is 0.355. The van der Waals surface area contributed by atoms with E-state index in [0.717, 1.165) is 5.69 Å². The molecule has 0 amide bonds. The fraction of sp³-hybridized carbons (Fsp3) is 0.667. The molecule has 1 aromatic rings. The molecule has 1 aromatic heterocycles. The average molecular weight is 291 g/mol. The van der Waals surface area contributed by atoms with Crippen LogP contribution in [0.25, 0.3) is 0 Å². The Labute approximate surface area is 114 Å². The number of hydrogen-bond donors (Lipinski definition) is 0. The molecule has 0 aromatic carbocycles. The minimum atomic E-state index is -3.46. The molecule has 0 aliphatic carbocycles. The van der Waals surface area contributed by atoms with E-state index >= 15 is 0 Å². The lowest BCUT2D eigenvalue weighted by molar-refractivity contribution is 0.571. The normalized spacial score (nSPS) is 13.9. The van der Waals surface area contributed by atoms with Gasteiger partial charge in [-0.25, -0.2) is 18.4 Å². The Kier molecular flexibility index (Phi) is 5.10. The first kappa shape index (κ1) is 15.4. The molecule has 0 saturated carbocycles. The molecule has 0 saturated heterocycles. The van der Waals surface area contributed by atoms with Crippen LogP contribution in [0.15, 0.2) is 11.2 Å². The maximum absolute atomic E-state index is 12.1. The molecule has 18 heavy (non-hydrogen) atoms. The highest BCUT2D eigenvalue weighted by Crippen LogP contribution is 2.17. The van der Waals surface area contributed by atoms with Gasteiger partial charge in [0.25, 0.3) is 0 Å². The van der Waals surface area contributed by atoms with E-state index < -0.39 is 9.84 Å². The van der Waals surface area contributed by atoms with Crippen LogP contribution in [-0.2, 0) is 9.84 Å². The van der Waals surface area contributed by atoms with Crippen LogP contribution < -0.4 is 0 Å². The second-order valence-electron chi connectivity index (χ2n) is 4.91. The lowest BCUT2D eigenvalue weighted by Gasteiger charge is -2.11. The largest absolute Gasteiger partial charge is 0.247 e. The van der Waals surface area contributed by atoms with Crippen molar-refractivity contribution in [3.05, 3.63) is 17.5 Å². The summed E-state index contributed by atoms with van der Waals surface area (Å²) in [6.07, 6.45) is 0. The van der Waals surface area contributed by atoms with Crippen LogP contribution in [0.4, 0.5) is 0 Å². The molecule has 6 heteroatoms. The third kappa shape index (κ3) is 3.92. The van der Waals surface area contributed by atoms with Crippen molar-refractivity contribution in [1.29, 1.82) is 0 Å². The maximum atomic E-state index is 12.1. The molecule has 0 radical (unpaired) electrons. The van der Waals surface area contributed by atoms with Crippen molar-refractivity contribution >= 4 is 21.4 Å². The van der Waals surface area contributed by atoms with Gasteiger partial charge in [0.05, 0.1) is 5.75 Å². The van der Waals surface area contributed by atoms with Crippen LogP contribution in [0.5, 0.6) is 0 Å². The first-order chi connectivity index (χ1) is 8.26. The van der Waals surface area contributed by atoms with E-state index in [1.54, 1.807) is 13.8 Å². The molecule has 1 unspecified atom stereocenters. The zero-order valence-electron chi connectivity index (χ0n) is 11.1. The zero-order chi connectivity index (χ0) is 13.9. The molecule has 1 heterocycles. The first-order valence-electron chi connectivity index (χ1n) is 5.90. The molecule has 0 aliphatic heterocycles. The van der Waals surface area contributed by atoms with Crippen LogP contribution in [0, 0.1) is 12.8 Å². The summed E-state index contributed by atoms with van der Waals surface area (Å²) >= 11 is 5.65. The van der Waals surface area contributed by atoms with Gasteiger partial charge in [-0.05, 0) is 24.8 Å². The summed E-state index contributed by atoms with van der Waals surface area (Å²) in [5, 5.41) is -0.0804. The van der Waals surface area contributed by atoms with Crippen molar-refractivity contribution in [3.8, 4) is 0 Å². The van der Waals surface area contributed by atoms with Gasteiger partial charge >= 0.3 is 0 Å². The van der Waals surface area contributed by atoms with Crippen molar-refractivity contribution in [2.45, 2.75) is 38.8 Å². The molecular formula is C12H19ClN2O2S. The Bertz CT molecular complexity index is 515. The number of aryl methyl sites for hydroxylation is 1. The third-order valence-electron chi connectivity index (χ3n) is 2.49. The smallest absolute Gasteiger partial charge is 0.224 e. The number of aromatic nitrogens is 2. The monoisotopic (exact) mass is 290 g/mol. The Morgan fingerprint density at radius 1 is 1.28 bits per heavy atom. The summed E-state index contributed by atoms with van der Waals surface area (Å²) in [6.45, 7) is 7.51. The molecule has 0 fully saturated rings. The van der Waals surface area contributed by atoms with Crippen LogP contribution in [0.1, 0.15) is 38.1 Å². The summed E-state index contributed by atoms with van der Waals surface area (Å²) in [6, 6.07) is 1.81. The van der Waals surface area contributed by atoms with Gasteiger partial charge in [0.1, 0.15) is 0 Å². The lowest BCUT2D eigenvalue weighted by Crippen LogP contribution is -2.18. The molecule has 1 atom stereocenters. The Hall–Kier alpha value is -0.680. The van der Waals surface area contributed by atoms with E-state index in [1.165, 1.54) is 0 Å². The Morgan fingerprint density at radius 2 is 1.89 bits per heavy atom. The standard InChI is InChI=1S/C12H19ClN2O2S/c1-8(2)11-5-10(4)14-12(15-11)18(16,17)7-9(3)6-13/h5,8-9H,6-7H2,1-4H3. The number of halogens is 1. The van der Waals surface area contributed by atoms with E-state index in [0.29, 0.717) is 11.6 Å². The number of sulfone groups is 1. The van der Waals surface area contributed by atoms with Crippen molar-refractivity contribution in [2.75, 3.05) is 11.6 Å². The van der Waals surface area contributed by atoms with Gasteiger partial charge in [0.15, 0.2) is 0 Å². The second kappa shape index (κ2) is 5.97. The van der Waals surface area contributed by atoms with Crippen LogP contribution in [-0.4, -0.2) is 30.0 Å². The van der Waals surface area contributed by atoms with Crippen molar-refractivity contribution in [2.24, 2.45) is 5.92 Å². The number of hydrogen-bond acceptors (Lipinski definition) is 4. The Morgan fingerprint density at radius 3 is 2.39 bits per heavy atom. The predicted octanol–water partition coefficient (Wildman–Crippen LogP) is 2.56. The predicted molar refractivity (Wildman–Crippen MR) is 72.8 cm³/mol. The summed E-state index contributed by atoms with van der Waals surface area (Å²) in [7, 11) is -3.46. The van der Waals surface area contributed by atoms with Gasteiger partial charge in [-0.1, -0.05) is 20.8 Å². The van der Waals surface area contributed by atoms with Gasteiger partial charge in [-0.3, -0.25) is 0 Å². The van der Waals surface area contributed by atoms with Crippen LogP contribution in [0.2, 0.25) is 0 Å². The van der Waals surface area contributed by atoms with E-state index in [4.69, 9.17) is 11.6 Å². The van der Waals surface area contributed by atoms with Gasteiger partial charge in [-0.2, -0.15) is 0 Å². The minimum absolute atomic E-state index is 0.0164. The molecule has 0 aliphatic rings. The van der Waals surface area contributed by atoms with E-state index in [9.17, 15) is 8.42 Å². The summed E-state index contributed by atoms with van der Waals surface area (Å²) in [4.78, 5) is 8.18. The van der Waals surface area contributed by atoms with E-state index in [2.05, 4.69) is 9.97 Å². The fourth-order valence-corrected chi connectivity index (χ4v) is 3.28. The van der Waals surface area contributed by atoms with Crippen molar-refractivity contribution in [1.82, 2.24) is 9.97 Å². The zero-order valence-corrected chi connectivity index (χ0v) is 12.7. The molecule has 0 bridgehead atoms. The molecule has 4 nitrogen and oxygen atoms in total. The van der Waals surface area contributed by atoms with Crippen LogP contribution >= 0.6 is 11.6 Å². The average Bonchev–Trinajstić information content (AvgIpc) is 2.27. The minimum Gasteiger partial charge on any atom is -0.224 e. The summed E-state index contributed by atoms with van der Waals surface area (Å²) < 4.78 is 24.3.